The number of aliphatic imine (C=N–C) groups is 1. The summed E-state index contributed by atoms with van der Waals surface area (Å²) >= 11 is 5.01. The van der Waals surface area contributed by atoms with Crippen LogP contribution in [0.1, 0.15) is 5.56 Å². The van der Waals surface area contributed by atoms with Gasteiger partial charge in [0.2, 0.25) is 5.91 Å². The Hall–Kier alpha value is -1.94. The molecule has 2 aromatic carbocycles. The first-order valence-electron chi connectivity index (χ1n) is 6.63. The Kier molecular flexibility index (Phi) is 8.41. The second-order valence-electron chi connectivity index (χ2n) is 4.50. The Morgan fingerprint density at radius 3 is 2.58 bits per heavy atom. The van der Waals surface area contributed by atoms with Crippen LogP contribution < -0.4 is 11.1 Å². The summed E-state index contributed by atoms with van der Waals surface area (Å²) < 4.78 is 0. The summed E-state index contributed by atoms with van der Waals surface area (Å²) in [6, 6.07) is 19.1. The molecule has 0 saturated heterocycles. The molecule has 1 radical (unpaired) electrons. The molecule has 0 spiro atoms. The minimum Gasteiger partial charge on any atom is -0.378 e. The average molecular weight is 409 g/mol. The number of nitrogens with one attached hydrogen (secondary N) is 1. The molecule has 0 saturated carbocycles. The van der Waals surface area contributed by atoms with Crippen molar-refractivity contribution in [2.75, 3.05) is 5.32 Å². The van der Waals surface area contributed by atoms with Crippen LogP contribution in [-0.2, 0) is 37.5 Å². The van der Waals surface area contributed by atoms with E-state index in [1.54, 1.807) is 36.4 Å². The second-order valence-corrected chi connectivity index (χ2v) is 4.94. The molecule has 1 atom stereocenters. The van der Waals surface area contributed by atoms with Gasteiger partial charge >= 0.3 is 0 Å². The van der Waals surface area contributed by atoms with Gasteiger partial charge in [-0.15, -0.1) is 23.4 Å². The molecule has 117 valence electrons. The number of thiocarbonyl (C=S) groups is 1. The molecule has 0 aromatic heterocycles. The maximum Gasteiger partial charge on any atom is 0.241 e. The van der Waals surface area contributed by atoms with Crippen molar-refractivity contribution >= 4 is 40.7 Å². The van der Waals surface area contributed by atoms with Crippen LogP contribution in [0.5, 0.6) is 0 Å². The van der Waals surface area contributed by atoms with E-state index in [0.29, 0.717) is 11.4 Å². The normalized spacial score (nSPS) is 11.1. The summed E-state index contributed by atoms with van der Waals surface area (Å²) in [7, 11) is 0. The van der Waals surface area contributed by atoms with Crippen molar-refractivity contribution in [2.45, 2.75) is 0 Å². The van der Waals surface area contributed by atoms with Gasteiger partial charge < -0.3 is 16.0 Å². The fraction of sp³-hybridized carbons (Fsp3) is 0.0588. The average Bonchev–Trinajstić information content (AvgIpc) is 2.55. The number of hydrogen-bond acceptors (Lipinski definition) is 4. The molecule has 3 N–H and O–H groups in total. The minimum atomic E-state index is -1.15. The molecule has 0 aliphatic heterocycles. The molecular weight excluding hydrogens is 397 g/mol. The Labute approximate surface area is 170 Å². The van der Waals surface area contributed by atoms with Crippen LogP contribution in [0.15, 0.2) is 53.5 Å². The van der Waals surface area contributed by atoms with Gasteiger partial charge in [0.05, 0.1) is 6.07 Å². The number of carbonyl (C=O) groups excluding carboxylic acids is 1. The van der Waals surface area contributed by atoms with Gasteiger partial charge in [0.25, 0.3) is 0 Å². The Morgan fingerprint density at radius 1 is 1.33 bits per heavy atom. The third kappa shape index (κ3) is 5.93. The predicted molar refractivity (Wildman–Crippen MR) is 92.4 cm³/mol. The van der Waals surface area contributed by atoms with Crippen molar-refractivity contribution < 1.29 is 37.5 Å². The van der Waals surface area contributed by atoms with Crippen molar-refractivity contribution in [3.8, 4) is 6.07 Å². The van der Waals surface area contributed by atoms with Gasteiger partial charge in [-0.3, -0.25) is 4.79 Å². The number of hydrogen-bond donors (Lipinski definition) is 2. The van der Waals surface area contributed by atoms with Crippen molar-refractivity contribution in [1.29, 1.82) is 5.26 Å². The van der Waals surface area contributed by atoms with E-state index in [1.807, 2.05) is 18.2 Å². The van der Waals surface area contributed by atoms with E-state index < -0.39 is 11.8 Å². The van der Waals surface area contributed by atoms with Crippen molar-refractivity contribution in [2.24, 2.45) is 16.6 Å². The van der Waals surface area contributed by atoms with E-state index >= 15 is 0 Å². The molecule has 1 amide bonds. The Morgan fingerprint density at radius 2 is 2.04 bits per heavy atom. The van der Waals surface area contributed by atoms with E-state index in [2.05, 4.69) is 22.6 Å². The van der Waals surface area contributed by atoms with Crippen molar-refractivity contribution in [3.63, 3.8) is 0 Å². The molecule has 24 heavy (non-hydrogen) atoms. The summed E-state index contributed by atoms with van der Waals surface area (Å²) in [5.74, 6) is -1.92. The monoisotopic (exact) mass is 409 g/mol. The van der Waals surface area contributed by atoms with Crippen molar-refractivity contribution in [3.05, 3.63) is 60.2 Å². The number of benzene rings is 2. The van der Waals surface area contributed by atoms with Gasteiger partial charge in [-0.05, 0) is 6.21 Å². The van der Waals surface area contributed by atoms with E-state index in [9.17, 15) is 4.79 Å². The molecule has 2 rings (SSSR count). The summed E-state index contributed by atoms with van der Waals surface area (Å²) in [5, 5.41) is 11.7. The zero-order chi connectivity index (χ0) is 16.7. The van der Waals surface area contributed by atoms with Crippen LogP contribution in [0.4, 0.5) is 11.4 Å². The molecule has 1 unspecified atom stereocenters. The SMILES string of the molecule is N#CC(C(N)=O)C(=S)Nc1ccc([C-]=Nc2[c-]cccc2)cc1.[Y]. The molecule has 0 fully saturated rings. The van der Waals surface area contributed by atoms with Gasteiger partial charge in [0, 0.05) is 38.4 Å². The fourth-order valence-corrected chi connectivity index (χ4v) is 1.96. The summed E-state index contributed by atoms with van der Waals surface area (Å²) in [6.45, 7) is 0. The predicted octanol–water partition coefficient (Wildman–Crippen LogP) is 2.48. The molecule has 0 bridgehead atoms. The number of amides is 1. The number of rotatable bonds is 5. The zero-order valence-corrected chi connectivity index (χ0v) is 16.2. The fourth-order valence-electron chi connectivity index (χ4n) is 1.67. The van der Waals surface area contributed by atoms with Crippen LogP contribution in [0.25, 0.3) is 0 Å². The third-order valence-corrected chi connectivity index (χ3v) is 3.16. The van der Waals surface area contributed by atoms with Gasteiger partial charge in [-0.1, -0.05) is 24.4 Å². The van der Waals surface area contributed by atoms with E-state index in [0.717, 1.165) is 5.56 Å². The molecule has 2 aromatic rings. The van der Waals surface area contributed by atoms with E-state index in [4.69, 9.17) is 23.2 Å². The molecule has 5 nitrogen and oxygen atoms in total. The van der Waals surface area contributed by atoms with Crippen molar-refractivity contribution in [1.82, 2.24) is 0 Å². The zero-order valence-electron chi connectivity index (χ0n) is 12.6. The van der Waals surface area contributed by atoms with Crippen LogP contribution in [-0.4, -0.2) is 17.1 Å². The maximum atomic E-state index is 11.1. The van der Waals surface area contributed by atoms with Crippen LogP contribution in [0.3, 0.4) is 0 Å². The quantitative estimate of drug-likeness (QED) is 0.451. The van der Waals surface area contributed by atoms with Crippen LogP contribution in [0, 0.1) is 23.3 Å². The number of anilines is 1. The first-order chi connectivity index (χ1) is 11.1. The van der Waals surface area contributed by atoms with Gasteiger partial charge in [0.15, 0.2) is 5.92 Å². The largest absolute Gasteiger partial charge is 0.378 e. The molecule has 0 aliphatic rings. The molecule has 7 heteroatoms. The number of nitrogens with two attached hydrogens (primary N) is 1. The van der Waals surface area contributed by atoms with E-state index in [-0.39, 0.29) is 37.7 Å². The Bertz CT molecular complexity index is 769. The summed E-state index contributed by atoms with van der Waals surface area (Å²) in [4.78, 5) is 15.3. The Balaban J connectivity index is 0.00000288. The van der Waals surface area contributed by atoms with Gasteiger partial charge in [-0.25, -0.2) is 6.07 Å². The minimum absolute atomic E-state index is 0. The first kappa shape index (κ1) is 20.1. The number of primary amides is 1. The van der Waals surface area contributed by atoms with E-state index in [1.165, 1.54) is 0 Å². The van der Waals surface area contributed by atoms with Crippen LogP contribution >= 0.6 is 12.2 Å². The topological polar surface area (TPSA) is 91.3 Å². The number of nitriles is 1. The van der Waals surface area contributed by atoms with Gasteiger partial charge in [0.1, 0.15) is 4.99 Å². The number of carbonyl (C=O) groups is 1. The molecule has 0 aliphatic carbocycles. The smallest absolute Gasteiger partial charge is 0.241 e. The molecular formula is C17H12N4OSY-2. The van der Waals surface area contributed by atoms with Gasteiger partial charge in [-0.2, -0.15) is 29.5 Å². The summed E-state index contributed by atoms with van der Waals surface area (Å²) in [5.41, 5.74) is 7.21. The number of para-hydroxylation sites is 1. The second kappa shape index (κ2) is 10.0. The summed E-state index contributed by atoms with van der Waals surface area (Å²) in [6.07, 6.45) is 2.90. The number of nitrogens with zero attached hydrogens (tertiary/aromatic N) is 2. The maximum absolute atomic E-state index is 11.1. The standard InChI is InChI=1S/C17H12N4OS.Y/c18-10-15(16(19)22)17(23)21-14-8-6-12(7-9-14)11-20-13-4-2-1-3-5-13;/h1-4,6-9,15H,(H2,19,22)(H,21,23);/q-2;. The molecule has 0 heterocycles. The van der Waals surface area contributed by atoms with Crippen LogP contribution in [0.2, 0.25) is 0 Å². The first-order valence-corrected chi connectivity index (χ1v) is 7.04. The third-order valence-electron chi connectivity index (χ3n) is 2.83.